The maximum Gasteiger partial charge on any atom is 0.344 e. The molecular formula is C20H17FO5. The third-order valence-corrected chi connectivity index (χ3v) is 4.83. The highest BCUT2D eigenvalue weighted by atomic mass is 19.1. The molecule has 2 unspecified atom stereocenters. The largest absolute Gasteiger partial charge is 0.508 e. The summed E-state index contributed by atoms with van der Waals surface area (Å²) in [6.45, 7) is 0. The molecule has 0 spiro atoms. The molecule has 1 saturated carbocycles. The Morgan fingerprint density at radius 1 is 1.15 bits per heavy atom. The first-order valence-electron chi connectivity index (χ1n) is 8.54. The van der Waals surface area contributed by atoms with Crippen LogP contribution in [0.2, 0.25) is 0 Å². The fourth-order valence-electron chi connectivity index (χ4n) is 3.57. The quantitative estimate of drug-likeness (QED) is 0.331. The minimum atomic E-state index is -0.824. The van der Waals surface area contributed by atoms with Gasteiger partial charge in [0.05, 0.1) is 5.39 Å². The van der Waals surface area contributed by atoms with Gasteiger partial charge in [-0.1, -0.05) is 0 Å². The molecular weight excluding hydrogens is 339 g/mol. The second-order valence-corrected chi connectivity index (χ2v) is 6.73. The number of rotatable bonds is 3. The average Bonchev–Trinajstić information content (AvgIpc) is 2.99. The number of phenols is 1. The van der Waals surface area contributed by atoms with Crippen molar-refractivity contribution in [3.63, 3.8) is 0 Å². The van der Waals surface area contributed by atoms with Crippen LogP contribution in [0.1, 0.15) is 25.7 Å². The second-order valence-electron chi connectivity index (χ2n) is 6.73. The highest BCUT2D eigenvalue weighted by Gasteiger charge is 2.26. The summed E-state index contributed by atoms with van der Waals surface area (Å²) >= 11 is 0. The number of carbonyl (C=O) groups excluding carboxylic acids is 1. The van der Waals surface area contributed by atoms with Gasteiger partial charge in [-0.2, -0.15) is 0 Å². The van der Waals surface area contributed by atoms with Crippen molar-refractivity contribution in [1.82, 2.24) is 0 Å². The molecule has 6 heteroatoms. The zero-order valence-electron chi connectivity index (χ0n) is 13.9. The van der Waals surface area contributed by atoms with Gasteiger partial charge in [0.2, 0.25) is 0 Å². The molecule has 1 N–H and O–H groups in total. The van der Waals surface area contributed by atoms with Gasteiger partial charge in [0.1, 0.15) is 23.3 Å². The SMILES string of the molecule is O=C(CC1CCC(F)C1)Oc1ccc2c(c1)oc(=O)c1cc(O)ccc12. The van der Waals surface area contributed by atoms with E-state index in [0.717, 1.165) is 0 Å². The lowest BCUT2D eigenvalue weighted by Crippen LogP contribution is -2.12. The van der Waals surface area contributed by atoms with Crippen molar-refractivity contribution in [3.05, 3.63) is 46.8 Å². The predicted octanol–water partition coefficient (Wildman–Crippen LogP) is 4.09. The molecule has 134 valence electrons. The van der Waals surface area contributed by atoms with Crippen molar-refractivity contribution < 1.29 is 23.4 Å². The Bertz CT molecular complexity index is 1060. The molecule has 0 bridgehead atoms. The number of hydrogen-bond donors (Lipinski definition) is 1. The Hall–Kier alpha value is -2.89. The lowest BCUT2D eigenvalue weighted by Gasteiger charge is -2.09. The van der Waals surface area contributed by atoms with E-state index in [-0.39, 0.29) is 29.2 Å². The molecule has 1 heterocycles. The second kappa shape index (κ2) is 6.44. The first-order valence-corrected chi connectivity index (χ1v) is 8.54. The van der Waals surface area contributed by atoms with E-state index in [1.165, 1.54) is 18.2 Å². The zero-order chi connectivity index (χ0) is 18.3. The number of benzene rings is 2. The molecule has 0 saturated heterocycles. The van der Waals surface area contributed by atoms with Crippen LogP contribution in [-0.4, -0.2) is 17.2 Å². The summed E-state index contributed by atoms with van der Waals surface area (Å²) in [5, 5.41) is 11.1. The normalized spacial score (nSPS) is 19.9. The smallest absolute Gasteiger partial charge is 0.344 e. The highest BCUT2D eigenvalue weighted by Crippen LogP contribution is 2.31. The molecule has 2 atom stereocenters. The summed E-state index contributed by atoms with van der Waals surface area (Å²) in [4.78, 5) is 24.2. The van der Waals surface area contributed by atoms with Gasteiger partial charge in [-0.15, -0.1) is 0 Å². The number of alkyl halides is 1. The summed E-state index contributed by atoms with van der Waals surface area (Å²) in [7, 11) is 0. The number of phenolic OH excluding ortho intramolecular Hbond substituents is 1. The van der Waals surface area contributed by atoms with Gasteiger partial charge < -0.3 is 14.3 Å². The molecule has 5 nitrogen and oxygen atoms in total. The summed E-state index contributed by atoms with van der Waals surface area (Å²) in [5.41, 5.74) is -0.282. The number of ether oxygens (including phenoxy) is 1. The van der Waals surface area contributed by atoms with Crippen LogP contribution in [0.25, 0.3) is 21.7 Å². The third kappa shape index (κ3) is 3.14. The van der Waals surface area contributed by atoms with Crippen LogP contribution in [0.5, 0.6) is 11.5 Å². The maximum atomic E-state index is 13.2. The molecule has 1 aliphatic carbocycles. The van der Waals surface area contributed by atoms with E-state index in [2.05, 4.69) is 0 Å². The summed E-state index contributed by atoms with van der Waals surface area (Å²) in [6, 6.07) is 9.31. The summed E-state index contributed by atoms with van der Waals surface area (Å²) in [6.07, 6.45) is 0.957. The molecule has 4 rings (SSSR count). The van der Waals surface area contributed by atoms with Gasteiger partial charge >= 0.3 is 11.6 Å². The van der Waals surface area contributed by atoms with Crippen LogP contribution < -0.4 is 10.4 Å². The molecule has 2 aromatic carbocycles. The van der Waals surface area contributed by atoms with Crippen molar-refractivity contribution >= 4 is 27.7 Å². The van der Waals surface area contributed by atoms with E-state index in [1.54, 1.807) is 18.2 Å². The van der Waals surface area contributed by atoms with E-state index in [0.29, 0.717) is 35.6 Å². The van der Waals surface area contributed by atoms with Gasteiger partial charge in [0, 0.05) is 23.3 Å². The number of carbonyl (C=O) groups is 1. The Balaban J connectivity index is 1.61. The first kappa shape index (κ1) is 16.6. The summed E-state index contributed by atoms with van der Waals surface area (Å²) < 4.78 is 23.8. The number of esters is 1. The predicted molar refractivity (Wildman–Crippen MR) is 94.1 cm³/mol. The highest BCUT2D eigenvalue weighted by molar-refractivity contribution is 6.05. The van der Waals surface area contributed by atoms with E-state index < -0.39 is 17.8 Å². The Kier molecular flexibility index (Phi) is 4.11. The van der Waals surface area contributed by atoms with Crippen LogP contribution in [-0.2, 0) is 4.79 Å². The van der Waals surface area contributed by atoms with Crippen LogP contribution in [0, 0.1) is 5.92 Å². The minimum absolute atomic E-state index is 0.0165. The Morgan fingerprint density at radius 2 is 1.96 bits per heavy atom. The van der Waals surface area contributed by atoms with Crippen molar-refractivity contribution in [1.29, 1.82) is 0 Å². The van der Waals surface area contributed by atoms with E-state index in [4.69, 9.17) is 9.15 Å². The van der Waals surface area contributed by atoms with Gasteiger partial charge in [-0.05, 0) is 55.5 Å². The Labute approximate surface area is 148 Å². The number of hydrogen-bond acceptors (Lipinski definition) is 5. The van der Waals surface area contributed by atoms with Crippen molar-refractivity contribution in [2.24, 2.45) is 5.92 Å². The molecule has 3 aromatic rings. The van der Waals surface area contributed by atoms with Gasteiger partial charge in [-0.25, -0.2) is 9.18 Å². The number of aromatic hydroxyl groups is 1. The van der Waals surface area contributed by atoms with E-state index in [9.17, 15) is 19.1 Å². The molecule has 1 fully saturated rings. The van der Waals surface area contributed by atoms with Crippen molar-refractivity contribution in [3.8, 4) is 11.5 Å². The monoisotopic (exact) mass is 356 g/mol. The van der Waals surface area contributed by atoms with Crippen molar-refractivity contribution in [2.45, 2.75) is 31.9 Å². The number of halogens is 1. The van der Waals surface area contributed by atoms with Gasteiger partial charge in [-0.3, -0.25) is 4.79 Å². The lowest BCUT2D eigenvalue weighted by molar-refractivity contribution is -0.135. The topological polar surface area (TPSA) is 76.7 Å². The van der Waals surface area contributed by atoms with Crippen LogP contribution in [0.4, 0.5) is 4.39 Å². The van der Waals surface area contributed by atoms with E-state index >= 15 is 0 Å². The molecule has 1 aliphatic rings. The molecule has 0 radical (unpaired) electrons. The first-order chi connectivity index (χ1) is 12.5. The van der Waals surface area contributed by atoms with Gasteiger partial charge in [0.15, 0.2) is 0 Å². The summed E-state index contributed by atoms with van der Waals surface area (Å²) in [5.74, 6) is -0.139. The fraction of sp³-hybridized carbons (Fsp3) is 0.300. The number of fused-ring (bicyclic) bond motifs is 3. The fourth-order valence-corrected chi connectivity index (χ4v) is 3.57. The third-order valence-electron chi connectivity index (χ3n) is 4.83. The maximum absolute atomic E-state index is 13.2. The minimum Gasteiger partial charge on any atom is -0.508 e. The Morgan fingerprint density at radius 3 is 2.73 bits per heavy atom. The zero-order valence-corrected chi connectivity index (χ0v) is 13.9. The van der Waals surface area contributed by atoms with Crippen molar-refractivity contribution in [2.75, 3.05) is 0 Å². The standard InChI is InChI=1S/C20H17FO5/c21-12-2-1-11(7-12)8-19(23)25-14-4-6-16-15-5-3-13(22)9-17(15)20(24)26-18(16)10-14/h3-6,9-12,22H,1-2,7-8H2. The van der Waals surface area contributed by atoms with E-state index in [1.807, 2.05) is 0 Å². The molecule has 0 aliphatic heterocycles. The molecule has 0 amide bonds. The van der Waals surface area contributed by atoms with Crippen LogP contribution in [0.3, 0.4) is 0 Å². The van der Waals surface area contributed by atoms with Crippen LogP contribution in [0.15, 0.2) is 45.6 Å². The molecule has 26 heavy (non-hydrogen) atoms. The average molecular weight is 356 g/mol. The van der Waals surface area contributed by atoms with Gasteiger partial charge in [0.25, 0.3) is 0 Å². The lowest BCUT2D eigenvalue weighted by atomic mass is 10.0. The van der Waals surface area contributed by atoms with Crippen LogP contribution >= 0.6 is 0 Å². The molecule has 1 aromatic heterocycles.